The van der Waals surface area contributed by atoms with Gasteiger partial charge in [0.05, 0.1) is 17.5 Å². The highest BCUT2D eigenvalue weighted by molar-refractivity contribution is 5.88. The molecular weight excluding hydrogens is 520 g/mol. The molecule has 0 aliphatic heterocycles. The topological polar surface area (TPSA) is 129 Å². The molecule has 1 aliphatic carbocycles. The quantitative estimate of drug-likeness (QED) is 0.201. The summed E-state index contributed by atoms with van der Waals surface area (Å²) in [6.07, 6.45) is 4.97. The van der Waals surface area contributed by atoms with E-state index in [2.05, 4.69) is 16.0 Å². The van der Waals surface area contributed by atoms with Gasteiger partial charge >= 0.3 is 12.0 Å². The lowest BCUT2D eigenvalue weighted by Crippen LogP contribution is -2.58. The van der Waals surface area contributed by atoms with E-state index in [-0.39, 0.29) is 29.7 Å². The van der Waals surface area contributed by atoms with Crippen molar-refractivity contribution in [2.24, 2.45) is 15.8 Å². The Hall–Kier alpha value is -3.88. The van der Waals surface area contributed by atoms with Crippen LogP contribution in [-0.2, 0) is 16.1 Å². The zero-order valence-electron chi connectivity index (χ0n) is 25.0. The summed E-state index contributed by atoms with van der Waals surface area (Å²) in [5, 5.41) is 19.2. The number of nitrogens with zero attached hydrogens (tertiary/aromatic N) is 1. The third-order valence-corrected chi connectivity index (χ3v) is 6.99. The van der Waals surface area contributed by atoms with Gasteiger partial charge in [-0.3, -0.25) is 14.6 Å². The summed E-state index contributed by atoms with van der Waals surface area (Å²) in [5.41, 5.74) is 0.217. The molecule has 0 radical (unpaired) electrons. The fraction of sp³-hybridized carbons (Fsp3) is 0.500. The molecule has 41 heavy (non-hydrogen) atoms. The molecule has 1 saturated carbocycles. The van der Waals surface area contributed by atoms with Gasteiger partial charge in [0.1, 0.15) is 17.5 Å². The summed E-state index contributed by atoms with van der Waals surface area (Å²) in [5.74, 6) is -0.300. The minimum Gasteiger partial charge on any atom is -0.507 e. The molecule has 9 heteroatoms. The highest BCUT2D eigenvalue weighted by Crippen LogP contribution is 2.26. The fourth-order valence-electron chi connectivity index (χ4n) is 4.50. The Morgan fingerprint density at radius 3 is 2.37 bits per heavy atom. The normalized spacial score (nSPS) is 18.4. The number of esters is 1. The van der Waals surface area contributed by atoms with Crippen LogP contribution in [0.2, 0.25) is 0 Å². The highest BCUT2D eigenvalue weighted by Gasteiger charge is 2.34. The molecule has 0 aromatic heterocycles. The number of rotatable bonds is 8. The number of aliphatic imine (C=N–C) groups is 1. The number of phenols is 1. The van der Waals surface area contributed by atoms with Crippen LogP contribution in [0.5, 0.6) is 11.5 Å². The maximum Gasteiger partial charge on any atom is 0.316 e. The third kappa shape index (κ3) is 9.62. The predicted octanol–water partition coefficient (Wildman–Crippen LogP) is 5.10. The van der Waals surface area contributed by atoms with Gasteiger partial charge in [-0.2, -0.15) is 0 Å². The van der Waals surface area contributed by atoms with Gasteiger partial charge in [-0.05, 0) is 62.8 Å². The number of carbonyl (C=O) groups excluding carboxylic acids is 3. The van der Waals surface area contributed by atoms with E-state index >= 15 is 0 Å². The smallest absolute Gasteiger partial charge is 0.316 e. The van der Waals surface area contributed by atoms with Gasteiger partial charge in [-0.25, -0.2) is 4.79 Å². The first-order valence-corrected chi connectivity index (χ1v) is 14.2. The van der Waals surface area contributed by atoms with Crippen LogP contribution in [0.3, 0.4) is 0 Å². The molecule has 3 atom stereocenters. The van der Waals surface area contributed by atoms with Crippen LogP contribution >= 0.6 is 0 Å². The van der Waals surface area contributed by atoms with Gasteiger partial charge in [0, 0.05) is 18.3 Å². The lowest BCUT2D eigenvalue weighted by atomic mass is 9.86. The minimum absolute atomic E-state index is 0.0110. The molecule has 0 spiro atoms. The molecule has 222 valence electrons. The number of nitrogens with one attached hydrogen (secondary N) is 3. The van der Waals surface area contributed by atoms with E-state index in [9.17, 15) is 19.5 Å². The van der Waals surface area contributed by atoms with Gasteiger partial charge in [-0.15, -0.1) is 0 Å². The second-order valence-electron chi connectivity index (χ2n) is 12.7. The number of aromatic hydroxyl groups is 1. The van der Waals surface area contributed by atoms with Crippen molar-refractivity contribution in [3.8, 4) is 11.5 Å². The molecular formula is C32H44N4O5. The summed E-state index contributed by atoms with van der Waals surface area (Å²) in [4.78, 5) is 43.1. The van der Waals surface area contributed by atoms with Crippen molar-refractivity contribution in [3.05, 3.63) is 59.7 Å². The molecule has 1 fully saturated rings. The highest BCUT2D eigenvalue weighted by atomic mass is 16.5. The summed E-state index contributed by atoms with van der Waals surface area (Å²) < 4.78 is 5.46. The monoisotopic (exact) mass is 564 g/mol. The van der Waals surface area contributed by atoms with Crippen LogP contribution in [-0.4, -0.2) is 47.4 Å². The van der Waals surface area contributed by atoms with Gasteiger partial charge in [-0.1, -0.05) is 63.9 Å². The summed E-state index contributed by atoms with van der Waals surface area (Å²) in [6.45, 7) is 11.4. The molecule has 0 bridgehead atoms. The summed E-state index contributed by atoms with van der Waals surface area (Å²) in [6, 6.07) is 12.6. The van der Waals surface area contributed by atoms with E-state index in [0.29, 0.717) is 17.9 Å². The van der Waals surface area contributed by atoms with Crippen molar-refractivity contribution in [1.29, 1.82) is 0 Å². The number of urea groups is 1. The first-order valence-electron chi connectivity index (χ1n) is 14.2. The predicted molar refractivity (Wildman–Crippen MR) is 160 cm³/mol. The number of amides is 3. The largest absolute Gasteiger partial charge is 0.507 e. The van der Waals surface area contributed by atoms with E-state index in [1.54, 1.807) is 33.1 Å². The first kappa shape index (κ1) is 31.6. The molecule has 1 aliphatic rings. The molecule has 9 nitrogen and oxygen atoms in total. The zero-order chi connectivity index (χ0) is 30.2. The molecule has 2 aromatic carbocycles. The summed E-state index contributed by atoms with van der Waals surface area (Å²) in [7, 11) is 0. The first-order chi connectivity index (χ1) is 19.2. The van der Waals surface area contributed by atoms with Gasteiger partial charge in [0.15, 0.2) is 0 Å². The number of phenolic OH excluding ortho intramolecular Hbond substituents is 1. The number of benzene rings is 2. The average molecular weight is 565 g/mol. The van der Waals surface area contributed by atoms with Crippen molar-refractivity contribution in [2.75, 3.05) is 0 Å². The van der Waals surface area contributed by atoms with Crippen molar-refractivity contribution < 1.29 is 24.2 Å². The zero-order valence-corrected chi connectivity index (χ0v) is 25.0. The van der Waals surface area contributed by atoms with E-state index in [4.69, 9.17) is 9.73 Å². The molecule has 4 N–H and O–H groups in total. The van der Waals surface area contributed by atoms with Crippen LogP contribution < -0.4 is 20.7 Å². The van der Waals surface area contributed by atoms with Crippen LogP contribution in [0, 0.1) is 10.8 Å². The Balaban J connectivity index is 1.65. The van der Waals surface area contributed by atoms with Crippen molar-refractivity contribution in [1.82, 2.24) is 16.0 Å². The molecule has 3 rings (SSSR count). The molecule has 0 heterocycles. The van der Waals surface area contributed by atoms with Gasteiger partial charge < -0.3 is 25.8 Å². The second kappa shape index (κ2) is 13.7. The lowest BCUT2D eigenvalue weighted by Gasteiger charge is -2.33. The fourth-order valence-corrected chi connectivity index (χ4v) is 4.50. The van der Waals surface area contributed by atoms with Crippen molar-refractivity contribution in [3.63, 3.8) is 0 Å². The second-order valence-corrected chi connectivity index (χ2v) is 12.7. The Morgan fingerprint density at radius 1 is 1.02 bits per heavy atom. The Labute approximate surface area is 243 Å². The van der Waals surface area contributed by atoms with Crippen LogP contribution in [0.15, 0.2) is 53.5 Å². The molecule has 2 unspecified atom stereocenters. The van der Waals surface area contributed by atoms with Crippen LogP contribution in [0.1, 0.15) is 78.4 Å². The average Bonchev–Trinajstić information content (AvgIpc) is 2.90. The number of carbonyl (C=O) groups is 3. The van der Waals surface area contributed by atoms with E-state index in [0.717, 1.165) is 31.2 Å². The maximum absolute atomic E-state index is 13.1. The van der Waals surface area contributed by atoms with Gasteiger partial charge in [0.2, 0.25) is 5.91 Å². The standard InChI is InChI=1S/C32H44N4O5/c1-31(2,3)27(28(38)34-19-21-12-8-7-9-13-21)36-30(40)35-25-15-11-10-14-24(25)33-20-22-18-23(16-17-26(22)37)41-29(39)32(4,5)6/h7-9,12-13,16-18,20,24-25,27,37H,10-11,14-15,19H2,1-6H3,(H,34,38)(H2,35,36,40)/b33-20+/t24-,25?,27?/m0/s1. The molecule has 0 saturated heterocycles. The third-order valence-electron chi connectivity index (χ3n) is 6.99. The van der Waals surface area contributed by atoms with E-state index < -0.39 is 22.9 Å². The number of hydrogen-bond donors (Lipinski definition) is 4. The molecule has 3 amide bonds. The summed E-state index contributed by atoms with van der Waals surface area (Å²) >= 11 is 0. The SMILES string of the molecule is CC(C)(C)C(=O)Oc1ccc(O)c(/C=N/[C@H]2CCCCC2NC(=O)NC(C(=O)NCc2ccccc2)C(C)(C)C)c1. The van der Waals surface area contributed by atoms with E-state index in [1.165, 1.54) is 12.1 Å². The number of hydrogen-bond acceptors (Lipinski definition) is 6. The Morgan fingerprint density at radius 2 is 1.71 bits per heavy atom. The number of ether oxygens (including phenoxy) is 1. The van der Waals surface area contributed by atoms with Crippen molar-refractivity contribution in [2.45, 2.75) is 91.9 Å². The minimum atomic E-state index is -0.743. The van der Waals surface area contributed by atoms with E-state index in [1.807, 2.05) is 51.1 Å². The van der Waals surface area contributed by atoms with Crippen LogP contribution in [0.4, 0.5) is 4.79 Å². The maximum atomic E-state index is 13.1. The Bertz CT molecular complexity index is 1230. The van der Waals surface area contributed by atoms with Gasteiger partial charge in [0.25, 0.3) is 0 Å². The molecule has 2 aromatic rings. The van der Waals surface area contributed by atoms with Crippen LogP contribution in [0.25, 0.3) is 0 Å². The van der Waals surface area contributed by atoms with Crippen molar-refractivity contribution >= 4 is 24.1 Å². The lowest BCUT2D eigenvalue weighted by molar-refractivity contribution is -0.143. The Kier molecular flexibility index (Phi) is 10.5.